The topological polar surface area (TPSA) is 44.3 Å². The molecule has 0 bridgehead atoms. The van der Waals surface area contributed by atoms with E-state index in [0.29, 0.717) is 6.04 Å². The molecular weight excluding hydrogens is 250 g/mol. The molecule has 1 saturated heterocycles. The Labute approximate surface area is 122 Å². The van der Waals surface area contributed by atoms with Gasteiger partial charge in [-0.25, -0.2) is 4.98 Å². The minimum absolute atomic E-state index is 0.452. The van der Waals surface area contributed by atoms with Gasteiger partial charge in [0.15, 0.2) is 0 Å². The lowest BCUT2D eigenvalue weighted by Gasteiger charge is -2.33. The van der Waals surface area contributed by atoms with E-state index in [9.17, 15) is 0 Å². The van der Waals surface area contributed by atoms with Crippen LogP contribution in [0.2, 0.25) is 0 Å². The van der Waals surface area contributed by atoms with E-state index in [1.807, 2.05) is 32.0 Å². The third kappa shape index (κ3) is 3.82. The molecule has 5 nitrogen and oxygen atoms in total. The summed E-state index contributed by atoms with van der Waals surface area (Å²) < 4.78 is 0. The van der Waals surface area contributed by atoms with Crippen molar-refractivity contribution in [2.24, 2.45) is 5.92 Å². The Balaban J connectivity index is 2.02. The number of aryl methyl sites for hydroxylation is 1. The second-order valence-electron chi connectivity index (χ2n) is 6.16. The Bertz CT molecular complexity index is 438. The summed E-state index contributed by atoms with van der Waals surface area (Å²) in [6.07, 6.45) is 2.52. The molecule has 5 heteroatoms. The molecule has 1 aromatic heterocycles. The van der Waals surface area contributed by atoms with Crippen LogP contribution >= 0.6 is 0 Å². The average molecular weight is 277 g/mol. The number of piperidine rings is 1. The van der Waals surface area contributed by atoms with Gasteiger partial charge >= 0.3 is 0 Å². The Hall–Kier alpha value is -1.36. The number of anilines is 2. The van der Waals surface area contributed by atoms with Crippen LogP contribution in [-0.2, 0) is 0 Å². The van der Waals surface area contributed by atoms with Gasteiger partial charge in [-0.15, -0.1) is 0 Å². The number of hydrogen-bond acceptors (Lipinski definition) is 5. The molecule has 0 saturated carbocycles. The van der Waals surface area contributed by atoms with Crippen LogP contribution in [0.5, 0.6) is 0 Å². The van der Waals surface area contributed by atoms with Gasteiger partial charge in [-0.05, 0) is 52.7 Å². The van der Waals surface area contributed by atoms with Gasteiger partial charge in [0, 0.05) is 31.9 Å². The summed E-state index contributed by atoms with van der Waals surface area (Å²) in [7, 11) is 6.14. The van der Waals surface area contributed by atoms with Crippen molar-refractivity contribution in [3.63, 3.8) is 0 Å². The molecule has 1 N–H and O–H groups in total. The van der Waals surface area contributed by atoms with Crippen LogP contribution in [0.25, 0.3) is 0 Å². The SMILES string of the molecule is Cc1cc(N[C@H](C)C2CCN(C)CC2)nc(N(C)C)n1. The Kier molecular flexibility index (Phi) is 4.81. The van der Waals surface area contributed by atoms with E-state index in [4.69, 9.17) is 0 Å². The molecule has 1 aliphatic rings. The fourth-order valence-corrected chi connectivity index (χ4v) is 2.71. The molecule has 1 atom stereocenters. The van der Waals surface area contributed by atoms with Gasteiger partial charge in [0.25, 0.3) is 0 Å². The van der Waals surface area contributed by atoms with E-state index < -0.39 is 0 Å². The van der Waals surface area contributed by atoms with Crippen molar-refractivity contribution in [1.82, 2.24) is 14.9 Å². The summed E-state index contributed by atoms with van der Waals surface area (Å²) in [5, 5.41) is 3.57. The molecule has 20 heavy (non-hydrogen) atoms. The fraction of sp³-hybridized carbons (Fsp3) is 0.733. The third-order valence-corrected chi connectivity index (χ3v) is 4.09. The Morgan fingerprint density at radius 2 is 1.95 bits per heavy atom. The van der Waals surface area contributed by atoms with Gasteiger partial charge in [0.2, 0.25) is 5.95 Å². The van der Waals surface area contributed by atoms with Crippen LogP contribution in [0.4, 0.5) is 11.8 Å². The van der Waals surface area contributed by atoms with Gasteiger partial charge in [0.1, 0.15) is 5.82 Å². The molecular formula is C15H27N5. The summed E-state index contributed by atoms with van der Waals surface area (Å²) in [5.41, 5.74) is 1.00. The maximum atomic E-state index is 4.58. The summed E-state index contributed by atoms with van der Waals surface area (Å²) in [6, 6.07) is 2.48. The number of nitrogens with one attached hydrogen (secondary N) is 1. The maximum Gasteiger partial charge on any atom is 0.226 e. The highest BCUT2D eigenvalue weighted by molar-refractivity contribution is 5.43. The van der Waals surface area contributed by atoms with E-state index >= 15 is 0 Å². The molecule has 112 valence electrons. The van der Waals surface area contributed by atoms with Crippen molar-refractivity contribution in [2.75, 3.05) is 44.4 Å². The largest absolute Gasteiger partial charge is 0.367 e. The summed E-state index contributed by atoms with van der Waals surface area (Å²) in [5.74, 6) is 2.43. The van der Waals surface area contributed by atoms with Gasteiger partial charge in [0.05, 0.1) is 0 Å². The lowest BCUT2D eigenvalue weighted by molar-refractivity contribution is 0.208. The van der Waals surface area contributed by atoms with E-state index in [0.717, 1.165) is 23.4 Å². The highest BCUT2D eigenvalue weighted by Crippen LogP contribution is 2.22. The van der Waals surface area contributed by atoms with Gasteiger partial charge < -0.3 is 15.1 Å². The fourth-order valence-electron chi connectivity index (χ4n) is 2.71. The monoisotopic (exact) mass is 277 g/mol. The molecule has 0 radical (unpaired) electrons. The predicted molar refractivity (Wildman–Crippen MR) is 84.4 cm³/mol. The first kappa shape index (κ1) is 15.0. The van der Waals surface area contributed by atoms with E-state index in [1.54, 1.807) is 0 Å². The minimum atomic E-state index is 0.452. The van der Waals surface area contributed by atoms with Gasteiger partial charge in [-0.1, -0.05) is 0 Å². The molecule has 0 amide bonds. The summed E-state index contributed by atoms with van der Waals surface area (Å²) >= 11 is 0. The zero-order valence-corrected chi connectivity index (χ0v) is 13.3. The molecule has 2 heterocycles. The van der Waals surface area contributed by atoms with Crippen molar-refractivity contribution >= 4 is 11.8 Å². The first-order chi connectivity index (χ1) is 9.45. The quantitative estimate of drug-likeness (QED) is 0.912. The highest BCUT2D eigenvalue weighted by Gasteiger charge is 2.22. The van der Waals surface area contributed by atoms with E-state index in [1.165, 1.54) is 25.9 Å². The number of likely N-dealkylation sites (tertiary alicyclic amines) is 1. The lowest BCUT2D eigenvalue weighted by atomic mass is 9.90. The Morgan fingerprint density at radius 3 is 2.55 bits per heavy atom. The molecule has 1 aromatic rings. The van der Waals surface area contributed by atoms with E-state index in [2.05, 4.69) is 34.2 Å². The average Bonchev–Trinajstić information content (AvgIpc) is 2.38. The number of nitrogens with zero attached hydrogens (tertiary/aromatic N) is 4. The lowest BCUT2D eigenvalue weighted by Crippen LogP contribution is -2.37. The minimum Gasteiger partial charge on any atom is -0.367 e. The zero-order valence-electron chi connectivity index (χ0n) is 13.3. The predicted octanol–water partition coefficient (Wildman–Crippen LogP) is 1.99. The number of rotatable bonds is 4. The highest BCUT2D eigenvalue weighted by atomic mass is 15.2. The van der Waals surface area contributed by atoms with Gasteiger partial charge in [-0.3, -0.25) is 0 Å². The Morgan fingerprint density at radius 1 is 1.30 bits per heavy atom. The van der Waals surface area contributed by atoms with Crippen molar-refractivity contribution < 1.29 is 0 Å². The van der Waals surface area contributed by atoms with Crippen molar-refractivity contribution in [2.45, 2.75) is 32.7 Å². The van der Waals surface area contributed by atoms with Crippen LogP contribution < -0.4 is 10.2 Å². The van der Waals surface area contributed by atoms with Crippen LogP contribution in [0, 0.1) is 12.8 Å². The summed E-state index contributed by atoms with van der Waals surface area (Å²) in [6.45, 7) is 6.67. The second-order valence-corrected chi connectivity index (χ2v) is 6.16. The van der Waals surface area contributed by atoms with Gasteiger partial charge in [-0.2, -0.15) is 4.98 Å². The molecule has 0 aliphatic carbocycles. The maximum absolute atomic E-state index is 4.58. The first-order valence-corrected chi connectivity index (χ1v) is 7.44. The molecule has 0 aromatic carbocycles. The third-order valence-electron chi connectivity index (χ3n) is 4.09. The smallest absolute Gasteiger partial charge is 0.226 e. The molecule has 2 rings (SSSR count). The standard InChI is InChI=1S/C15H27N5/c1-11-10-14(18-15(16-11)19(3)4)17-12(2)13-6-8-20(5)9-7-13/h10,12-13H,6-9H2,1-5H3,(H,16,17,18)/t12-/m1/s1. The first-order valence-electron chi connectivity index (χ1n) is 7.44. The van der Waals surface area contributed by atoms with Crippen molar-refractivity contribution in [3.8, 4) is 0 Å². The second kappa shape index (κ2) is 6.39. The van der Waals surface area contributed by atoms with Crippen LogP contribution in [-0.4, -0.2) is 55.1 Å². The summed E-state index contributed by atoms with van der Waals surface area (Å²) in [4.78, 5) is 13.4. The zero-order chi connectivity index (χ0) is 14.7. The van der Waals surface area contributed by atoms with Crippen LogP contribution in [0.1, 0.15) is 25.5 Å². The molecule has 0 unspecified atom stereocenters. The number of aromatic nitrogens is 2. The van der Waals surface area contributed by atoms with E-state index in [-0.39, 0.29) is 0 Å². The molecule has 0 spiro atoms. The normalized spacial score (nSPS) is 18.9. The molecule has 1 aliphatic heterocycles. The van der Waals surface area contributed by atoms with Crippen molar-refractivity contribution in [3.05, 3.63) is 11.8 Å². The molecule has 1 fully saturated rings. The van der Waals surface area contributed by atoms with Crippen LogP contribution in [0.3, 0.4) is 0 Å². The van der Waals surface area contributed by atoms with Crippen molar-refractivity contribution in [1.29, 1.82) is 0 Å². The van der Waals surface area contributed by atoms with Crippen LogP contribution in [0.15, 0.2) is 6.07 Å². The number of hydrogen-bond donors (Lipinski definition) is 1.